The highest BCUT2D eigenvalue weighted by Crippen LogP contribution is 2.29. The second-order valence-electron chi connectivity index (χ2n) is 6.68. The Bertz CT molecular complexity index is 1270. The van der Waals surface area contributed by atoms with Crippen molar-refractivity contribution in [3.63, 3.8) is 0 Å². The molecule has 0 amide bonds. The van der Waals surface area contributed by atoms with E-state index in [1.165, 1.54) is 0 Å². The Morgan fingerprint density at radius 3 is 2.37 bits per heavy atom. The predicted octanol–water partition coefficient (Wildman–Crippen LogP) is 5.46. The molecule has 0 N–H and O–H groups in total. The quantitative estimate of drug-likeness (QED) is 0.353. The lowest BCUT2D eigenvalue weighted by Gasteiger charge is -2.04. The van der Waals surface area contributed by atoms with Crippen molar-refractivity contribution < 1.29 is 21.8 Å². The van der Waals surface area contributed by atoms with Crippen LogP contribution in [0.1, 0.15) is 5.56 Å². The molecule has 0 atom stereocenters. The van der Waals surface area contributed by atoms with Gasteiger partial charge in [-0.2, -0.15) is 8.42 Å². The van der Waals surface area contributed by atoms with Gasteiger partial charge in [-0.15, -0.1) is 0 Å². The average molecular weight is 444 g/mol. The molecular formula is C22H18ClNO5S. The molecular weight excluding hydrogens is 426 g/mol. The molecule has 0 aliphatic carbocycles. The first kappa shape index (κ1) is 20.4. The summed E-state index contributed by atoms with van der Waals surface area (Å²) >= 11 is 5.90. The Morgan fingerprint density at radius 2 is 1.67 bits per heavy atom. The third kappa shape index (κ3) is 5.18. The second kappa shape index (κ2) is 8.47. The maximum atomic E-state index is 11.0. The summed E-state index contributed by atoms with van der Waals surface area (Å²) in [5, 5.41) is 0.646. The Labute approximate surface area is 179 Å². The van der Waals surface area contributed by atoms with Crippen LogP contribution in [0.3, 0.4) is 0 Å². The van der Waals surface area contributed by atoms with E-state index < -0.39 is 10.1 Å². The third-order valence-corrected chi connectivity index (χ3v) is 5.14. The first-order valence-electron chi connectivity index (χ1n) is 9.13. The van der Waals surface area contributed by atoms with Crippen LogP contribution >= 0.6 is 11.6 Å². The van der Waals surface area contributed by atoms with Crippen LogP contribution < -0.4 is 4.74 Å². The van der Waals surface area contributed by atoms with Gasteiger partial charge in [0.15, 0.2) is 5.58 Å². The van der Waals surface area contributed by atoms with Gasteiger partial charge in [-0.3, -0.25) is 4.18 Å². The molecule has 0 bridgehead atoms. The van der Waals surface area contributed by atoms with Crippen LogP contribution in [0.25, 0.3) is 22.6 Å². The van der Waals surface area contributed by atoms with Gasteiger partial charge < -0.3 is 9.15 Å². The number of nitrogens with zero attached hydrogens (tertiary/aromatic N) is 1. The highest BCUT2D eigenvalue weighted by molar-refractivity contribution is 7.85. The van der Waals surface area contributed by atoms with Crippen molar-refractivity contribution in [3.05, 3.63) is 77.3 Å². The highest BCUT2D eigenvalue weighted by Gasteiger charge is 2.10. The lowest BCUT2D eigenvalue weighted by atomic mass is 10.1. The topological polar surface area (TPSA) is 78.6 Å². The van der Waals surface area contributed by atoms with Crippen LogP contribution in [0.2, 0.25) is 5.02 Å². The minimum Gasteiger partial charge on any atom is -0.457 e. The van der Waals surface area contributed by atoms with Crippen LogP contribution in [0.5, 0.6) is 11.5 Å². The van der Waals surface area contributed by atoms with E-state index in [2.05, 4.69) is 4.98 Å². The zero-order valence-corrected chi connectivity index (χ0v) is 17.6. The van der Waals surface area contributed by atoms with Crippen molar-refractivity contribution in [2.75, 3.05) is 12.9 Å². The zero-order valence-electron chi connectivity index (χ0n) is 16.0. The number of fused-ring (bicyclic) bond motifs is 1. The summed E-state index contributed by atoms with van der Waals surface area (Å²) < 4.78 is 38.5. The van der Waals surface area contributed by atoms with Crippen LogP contribution in [0.4, 0.5) is 0 Å². The largest absolute Gasteiger partial charge is 0.457 e. The van der Waals surface area contributed by atoms with Crippen LogP contribution in [0.15, 0.2) is 71.1 Å². The van der Waals surface area contributed by atoms with Crippen LogP contribution in [0, 0.1) is 0 Å². The summed E-state index contributed by atoms with van der Waals surface area (Å²) in [6.45, 7) is 0.109. The van der Waals surface area contributed by atoms with Gasteiger partial charge in [0.1, 0.15) is 17.0 Å². The monoisotopic (exact) mass is 443 g/mol. The standard InChI is InChI=1S/C22H18ClNO5S/c1-30(25,26)27-13-12-15-2-4-16(5-3-15)22-24-20-14-19(10-11-21(20)29-22)28-18-8-6-17(23)7-9-18/h2-11,14H,12-13H2,1H3. The Morgan fingerprint density at radius 1 is 0.967 bits per heavy atom. The number of halogens is 1. The van der Waals surface area contributed by atoms with E-state index in [1.807, 2.05) is 42.5 Å². The number of hydrogen-bond acceptors (Lipinski definition) is 6. The van der Waals surface area contributed by atoms with Gasteiger partial charge in [0.2, 0.25) is 5.89 Å². The normalized spacial score (nSPS) is 11.7. The van der Waals surface area contributed by atoms with E-state index in [-0.39, 0.29) is 6.61 Å². The maximum Gasteiger partial charge on any atom is 0.264 e. The third-order valence-electron chi connectivity index (χ3n) is 4.30. The molecule has 0 aliphatic rings. The molecule has 3 aromatic carbocycles. The Hall–Kier alpha value is -2.87. The van der Waals surface area contributed by atoms with Crippen LogP contribution in [-0.2, 0) is 20.7 Å². The Balaban J connectivity index is 1.48. The van der Waals surface area contributed by atoms with E-state index in [0.717, 1.165) is 17.4 Å². The minimum absolute atomic E-state index is 0.109. The molecule has 30 heavy (non-hydrogen) atoms. The SMILES string of the molecule is CS(=O)(=O)OCCc1ccc(-c2nc3cc(Oc4ccc(Cl)cc4)ccc3o2)cc1. The summed E-state index contributed by atoms with van der Waals surface area (Å²) in [4.78, 5) is 4.55. The molecule has 1 heterocycles. The van der Waals surface area contributed by atoms with Crippen LogP contribution in [-0.4, -0.2) is 26.3 Å². The van der Waals surface area contributed by atoms with E-state index in [0.29, 0.717) is 39.9 Å². The van der Waals surface area contributed by atoms with Crippen molar-refractivity contribution in [2.24, 2.45) is 0 Å². The van der Waals surface area contributed by atoms with Gasteiger partial charge in [-0.1, -0.05) is 23.7 Å². The summed E-state index contributed by atoms with van der Waals surface area (Å²) in [5.41, 5.74) is 3.11. The van der Waals surface area contributed by atoms with Gasteiger partial charge >= 0.3 is 0 Å². The molecule has 0 aliphatic heterocycles. The predicted molar refractivity (Wildman–Crippen MR) is 115 cm³/mol. The smallest absolute Gasteiger partial charge is 0.264 e. The molecule has 0 saturated carbocycles. The van der Waals surface area contributed by atoms with Crippen molar-refractivity contribution in [1.82, 2.24) is 4.98 Å². The number of oxazole rings is 1. The fourth-order valence-corrected chi connectivity index (χ4v) is 3.37. The van der Waals surface area contributed by atoms with Crippen molar-refractivity contribution >= 4 is 32.8 Å². The van der Waals surface area contributed by atoms with Crippen molar-refractivity contribution in [2.45, 2.75) is 6.42 Å². The van der Waals surface area contributed by atoms with Crippen molar-refractivity contribution in [3.8, 4) is 23.0 Å². The molecule has 6 nitrogen and oxygen atoms in total. The number of rotatable bonds is 7. The first-order chi connectivity index (χ1) is 14.4. The van der Waals surface area contributed by atoms with Gasteiger partial charge in [0, 0.05) is 16.7 Å². The van der Waals surface area contributed by atoms with E-state index >= 15 is 0 Å². The highest BCUT2D eigenvalue weighted by atomic mass is 35.5. The molecule has 0 spiro atoms. The molecule has 4 rings (SSSR count). The number of aromatic nitrogens is 1. The van der Waals surface area contributed by atoms with Gasteiger partial charge in [0.25, 0.3) is 10.1 Å². The summed E-state index contributed by atoms with van der Waals surface area (Å²) in [6.07, 6.45) is 1.53. The average Bonchev–Trinajstić information content (AvgIpc) is 3.13. The maximum absolute atomic E-state index is 11.0. The molecule has 0 radical (unpaired) electrons. The summed E-state index contributed by atoms with van der Waals surface area (Å²) in [7, 11) is -3.43. The molecule has 8 heteroatoms. The fourth-order valence-electron chi connectivity index (χ4n) is 2.86. The molecule has 0 saturated heterocycles. The second-order valence-corrected chi connectivity index (χ2v) is 8.76. The zero-order chi connectivity index (χ0) is 21.1. The lowest BCUT2D eigenvalue weighted by molar-refractivity contribution is 0.326. The number of hydrogen-bond donors (Lipinski definition) is 0. The fraction of sp³-hybridized carbons (Fsp3) is 0.136. The summed E-state index contributed by atoms with van der Waals surface area (Å²) in [5.74, 6) is 1.82. The molecule has 0 fully saturated rings. The van der Waals surface area contributed by atoms with Gasteiger partial charge in [0.05, 0.1) is 12.9 Å². The van der Waals surface area contributed by atoms with Gasteiger partial charge in [-0.25, -0.2) is 4.98 Å². The van der Waals surface area contributed by atoms with E-state index in [1.54, 1.807) is 24.3 Å². The first-order valence-corrected chi connectivity index (χ1v) is 11.3. The van der Waals surface area contributed by atoms with E-state index in [9.17, 15) is 8.42 Å². The summed E-state index contributed by atoms with van der Waals surface area (Å²) in [6, 6.07) is 20.1. The minimum atomic E-state index is -3.43. The number of benzene rings is 3. The molecule has 1 aromatic heterocycles. The molecule has 4 aromatic rings. The molecule has 154 valence electrons. The van der Waals surface area contributed by atoms with Gasteiger partial charge in [-0.05, 0) is 60.5 Å². The lowest BCUT2D eigenvalue weighted by Crippen LogP contribution is -2.06. The Kier molecular flexibility index (Phi) is 5.76. The van der Waals surface area contributed by atoms with E-state index in [4.69, 9.17) is 24.9 Å². The van der Waals surface area contributed by atoms with Crippen molar-refractivity contribution in [1.29, 1.82) is 0 Å². The molecule has 0 unspecified atom stereocenters. The number of ether oxygens (including phenoxy) is 1.